The summed E-state index contributed by atoms with van der Waals surface area (Å²) < 4.78 is 12.6. The van der Waals surface area contributed by atoms with Gasteiger partial charge in [-0.15, -0.1) is 0 Å². The third-order valence-electron chi connectivity index (χ3n) is 3.43. The SMILES string of the molecule is CCCOC1C(=O)CC1Oc1ccc(Br)cc1C(C)C. The summed E-state index contributed by atoms with van der Waals surface area (Å²) >= 11 is 3.48. The van der Waals surface area contributed by atoms with Crippen molar-refractivity contribution >= 4 is 21.7 Å². The van der Waals surface area contributed by atoms with Gasteiger partial charge >= 0.3 is 0 Å². The Kier molecular flexibility index (Phi) is 5.22. The molecule has 0 spiro atoms. The number of carbonyl (C=O) groups excluding carboxylic acids is 1. The zero-order valence-electron chi connectivity index (χ0n) is 12.2. The highest BCUT2D eigenvalue weighted by atomic mass is 79.9. The molecule has 2 rings (SSSR count). The van der Waals surface area contributed by atoms with E-state index in [1.807, 2.05) is 19.1 Å². The highest BCUT2D eigenvalue weighted by Crippen LogP contribution is 2.33. The summed E-state index contributed by atoms with van der Waals surface area (Å²) in [6.45, 7) is 6.90. The first-order chi connectivity index (χ1) is 9.52. The molecule has 0 saturated heterocycles. The number of rotatable bonds is 6. The van der Waals surface area contributed by atoms with Crippen molar-refractivity contribution in [3.8, 4) is 5.75 Å². The van der Waals surface area contributed by atoms with Crippen LogP contribution in [0.25, 0.3) is 0 Å². The van der Waals surface area contributed by atoms with Crippen LogP contribution < -0.4 is 4.74 Å². The number of hydrogen-bond acceptors (Lipinski definition) is 3. The molecule has 1 aromatic rings. The standard InChI is InChI=1S/C16H21BrO3/c1-4-7-19-16-13(18)9-15(16)20-14-6-5-11(17)8-12(14)10(2)3/h5-6,8,10,15-16H,4,7,9H2,1-3H3. The minimum Gasteiger partial charge on any atom is -0.486 e. The van der Waals surface area contributed by atoms with Crippen molar-refractivity contribution in [1.29, 1.82) is 0 Å². The smallest absolute Gasteiger partial charge is 0.169 e. The molecular formula is C16H21BrO3. The quantitative estimate of drug-likeness (QED) is 0.782. The van der Waals surface area contributed by atoms with Crippen LogP contribution in [-0.2, 0) is 9.53 Å². The van der Waals surface area contributed by atoms with E-state index in [2.05, 4.69) is 35.8 Å². The van der Waals surface area contributed by atoms with Crippen LogP contribution in [0.1, 0.15) is 45.1 Å². The summed E-state index contributed by atoms with van der Waals surface area (Å²) in [6, 6.07) is 5.99. The van der Waals surface area contributed by atoms with E-state index in [0.29, 0.717) is 18.9 Å². The average Bonchev–Trinajstić information content (AvgIpc) is 2.40. The summed E-state index contributed by atoms with van der Waals surface area (Å²) in [5.41, 5.74) is 1.15. The van der Waals surface area contributed by atoms with Crippen LogP contribution in [0, 0.1) is 0 Å². The van der Waals surface area contributed by atoms with E-state index in [9.17, 15) is 4.79 Å². The van der Waals surface area contributed by atoms with Crippen LogP contribution in [0.3, 0.4) is 0 Å². The molecule has 0 N–H and O–H groups in total. The highest BCUT2D eigenvalue weighted by Gasteiger charge is 2.42. The summed E-state index contributed by atoms with van der Waals surface area (Å²) in [6.07, 6.45) is 0.819. The molecular weight excluding hydrogens is 320 g/mol. The largest absolute Gasteiger partial charge is 0.486 e. The molecule has 0 aliphatic heterocycles. The van der Waals surface area contributed by atoms with Crippen LogP contribution in [-0.4, -0.2) is 24.6 Å². The normalized spacial score (nSPS) is 21.9. The van der Waals surface area contributed by atoms with E-state index in [-0.39, 0.29) is 11.9 Å². The third kappa shape index (κ3) is 3.41. The lowest BCUT2D eigenvalue weighted by Crippen LogP contribution is -2.52. The van der Waals surface area contributed by atoms with E-state index in [0.717, 1.165) is 22.2 Å². The van der Waals surface area contributed by atoms with Gasteiger partial charge in [0.2, 0.25) is 0 Å². The van der Waals surface area contributed by atoms with Gasteiger partial charge in [0.25, 0.3) is 0 Å². The average molecular weight is 341 g/mol. The Hall–Kier alpha value is -0.870. The fourth-order valence-electron chi connectivity index (χ4n) is 2.26. The Bertz CT molecular complexity index is 485. The molecule has 0 heterocycles. The van der Waals surface area contributed by atoms with Gasteiger partial charge in [-0.3, -0.25) is 4.79 Å². The number of hydrogen-bond donors (Lipinski definition) is 0. The van der Waals surface area contributed by atoms with Crippen molar-refractivity contribution in [3.63, 3.8) is 0 Å². The van der Waals surface area contributed by atoms with E-state index in [4.69, 9.17) is 9.47 Å². The lowest BCUT2D eigenvalue weighted by molar-refractivity contribution is -0.154. The molecule has 0 bridgehead atoms. The van der Waals surface area contributed by atoms with Gasteiger partial charge in [-0.25, -0.2) is 0 Å². The molecule has 20 heavy (non-hydrogen) atoms. The van der Waals surface area contributed by atoms with Crippen molar-refractivity contribution < 1.29 is 14.3 Å². The van der Waals surface area contributed by atoms with Gasteiger partial charge < -0.3 is 9.47 Å². The predicted molar refractivity (Wildman–Crippen MR) is 82.3 cm³/mol. The van der Waals surface area contributed by atoms with Crippen molar-refractivity contribution in [2.45, 2.75) is 51.7 Å². The Morgan fingerprint density at radius 3 is 2.75 bits per heavy atom. The maximum Gasteiger partial charge on any atom is 0.169 e. The zero-order chi connectivity index (χ0) is 14.7. The summed E-state index contributed by atoms with van der Waals surface area (Å²) in [5, 5.41) is 0. The number of ketones is 1. The van der Waals surface area contributed by atoms with E-state index >= 15 is 0 Å². The number of ether oxygens (including phenoxy) is 2. The molecule has 0 radical (unpaired) electrons. The minimum absolute atomic E-state index is 0.145. The van der Waals surface area contributed by atoms with Crippen LogP contribution in [0.5, 0.6) is 5.75 Å². The van der Waals surface area contributed by atoms with E-state index < -0.39 is 6.10 Å². The highest BCUT2D eigenvalue weighted by molar-refractivity contribution is 9.10. The van der Waals surface area contributed by atoms with Gasteiger partial charge in [-0.1, -0.05) is 36.7 Å². The molecule has 110 valence electrons. The van der Waals surface area contributed by atoms with Crippen LogP contribution >= 0.6 is 15.9 Å². The lowest BCUT2D eigenvalue weighted by atomic mass is 9.89. The molecule has 2 unspecified atom stereocenters. The summed E-state index contributed by atoms with van der Waals surface area (Å²) in [7, 11) is 0. The number of Topliss-reactive ketones (excluding diaryl/α,β-unsaturated/α-hetero) is 1. The maximum atomic E-state index is 11.6. The monoisotopic (exact) mass is 340 g/mol. The van der Waals surface area contributed by atoms with Crippen molar-refractivity contribution in [2.24, 2.45) is 0 Å². The van der Waals surface area contributed by atoms with Crippen molar-refractivity contribution in [3.05, 3.63) is 28.2 Å². The predicted octanol–water partition coefficient (Wildman–Crippen LogP) is 4.09. The molecule has 1 aliphatic rings. The van der Waals surface area contributed by atoms with Crippen molar-refractivity contribution in [2.75, 3.05) is 6.61 Å². The molecule has 3 nitrogen and oxygen atoms in total. The van der Waals surface area contributed by atoms with Gasteiger partial charge in [-0.05, 0) is 36.1 Å². The molecule has 0 amide bonds. The van der Waals surface area contributed by atoms with E-state index in [1.54, 1.807) is 0 Å². The summed E-state index contributed by atoms with van der Waals surface area (Å²) in [5.74, 6) is 1.37. The molecule has 1 fully saturated rings. The Labute approximate surface area is 128 Å². The van der Waals surface area contributed by atoms with E-state index in [1.165, 1.54) is 0 Å². The lowest BCUT2D eigenvalue weighted by Gasteiger charge is -2.35. The zero-order valence-corrected chi connectivity index (χ0v) is 13.8. The first kappa shape index (κ1) is 15.5. The second kappa shape index (κ2) is 6.72. The fraction of sp³-hybridized carbons (Fsp3) is 0.562. The molecule has 4 heteroatoms. The molecule has 1 saturated carbocycles. The molecule has 2 atom stereocenters. The Morgan fingerprint density at radius 1 is 1.40 bits per heavy atom. The van der Waals surface area contributed by atoms with Gasteiger partial charge in [0.1, 0.15) is 11.9 Å². The number of halogens is 1. The Balaban J connectivity index is 2.08. The number of benzene rings is 1. The fourth-order valence-corrected chi connectivity index (χ4v) is 2.64. The molecule has 0 aromatic heterocycles. The van der Waals surface area contributed by atoms with Gasteiger partial charge in [0.05, 0.1) is 0 Å². The van der Waals surface area contributed by atoms with Crippen LogP contribution in [0.15, 0.2) is 22.7 Å². The molecule has 1 aliphatic carbocycles. The van der Waals surface area contributed by atoms with Crippen molar-refractivity contribution in [1.82, 2.24) is 0 Å². The van der Waals surface area contributed by atoms with Crippen LogP contribution in [0.4, 0.5) is 0 Å². The first-order valence-corrected chi connectivity index (χ1v) is 7.92. The van der Waals surface area contributed by atoms with Gasteiger partial charge in [-0.2, -0.15) is 0 Å². The second-order valence-electron chi connectivity index (χ2n) is 5.45. The van der Waals surface area contributed by atoms with Gasteiger partial charge in [0.15, 0.2) is 11.9 Å². The second-order valence-corrected chi connectivity index (χ2v) is 6.37. The minimum atomic E-state index is -0.390. The third-order valence-corrected chi connectivity index (χ3v) is 3.92. The molecule has 1 aromatic carbocycles. The topological polar surface area (TPSA) is 35.5 Å². The van der Waals surface area contributed by atoms with Gasteiger partial charge in [0, 0.05) is 17.5 Å². The maximum absolute atomic E-state index is 11.6. The van der Waals surface area contributed by atoms with Crippen LogP contribution in [0.2, 0.25) is 0 Å². The first-order valence-electron chi connectivity index (χ1n) is 7.13. The Morgan fingerprint density at radius 2 is 2.15 bits per heavy atom. The number of carbonyl (C=O) groups is 1. The summed E-state index contributed by atoms with van der Waals surface area (Å²) in [4.78, 5) is 11.6.